The SMILES string of the molecule is COc1cccc(CN2CCCC(O)(c3cn[nH]n3)C2)c1F. The number of hydrogen-bond donors (Lipinski definition) is 2. The largest absolute Gasteiger partial charge is 0.494 e. The number of likely N-dealkylation sites (tertiary alicyclic amines) is 1. The lowest BCUT2D eigenvalue weighted by Gasteiger charge is -2.38. The molecule has 2 heterocycles. The Morgan fingerprint density at radius 2 is 2.36 bits per heavy atom. The van der Waals surface area contributed by atoms with Crippen LogP contribution < -0.4 is 4.74 Å². The summed E-state index contributed by atoms with van der Waals surface area (Å²) < 4.78 is 19.3. The van der Waals surface area contributed by atoms with Gasteiger partial charge in [0.1, 0.15) is 11.3 Å². The van der Waals surface area contributed by atoms with E-state index in [1.165, 1.54) is 13.3 Å². The number of methoxy groups -OCH3 is 1. The number of nitrogens with one attached hydrogen (secondary N) is 1. The van der Waals surface area contributed by atoms with Crippen molar-refractivity contribution in [3.05, 3.63) is 41.5 Å². The van der Waals surface area contributed by atoms with E-state index in [1.807, 2.05) is 4.90 Å². The molecular weight excluding hydrogens is 287 g/mol. The number of rotatable bonds is 4. The molecule has 2 N–H and O–H groups in total. The summed E-state index contributed by atoms with van der Waals surface area (Å²) in [5, 5.41) is 21.0. The number of aromatic nitrogens is 3. The fraction of sp³-hybridized carbons (Fsp3) is 0.467. The second kappa shape index (κ2) is 6.02. The quantitative estimate of drug-likeness (QED) is 0.894. The van der Waals surface area contributed by atoms with E-state index in [4.69, 9.17) is 4.74 Å². The number of nitrogens with zero attached hydrogens (tertiary/aromatic N) is 3. The van der Waals surface area contributed by atoms with E-state index in [1.54, 1.807) is 18.2 Å². The summed E-state index contributed by atoms with van der Waals surface area (Å²) in [5.74, 6) is -0.109. The molecule has 2 aromatic rings. The second-order valence-corrected chi connectivity index (χ2v) is 5.63. The third kappa shape index (κ3) is 2.82. The zero-order valence-electron chi connectivity index (χ0n) is 12.4. The van der Waals surface area contributed by atoms with Crippen LogP contribution in [0.15, 0.2) is 24.4 Å². The van der Waals surface area contributed by atoms with Crippen LogP contribution in [0.25, 0.3) is 0 Å². The van der Waals surface area contributed by atoms with Gasteiger partial charge in [-0.05, 0) is 25.5 Å². The summed E-state index contributed by atoms with van der Waals surface area (Å²) in [7, 11) is 1.45. The van der Waals surface area contributed by atoms with Crippen molar-refractivity contribution in [2.45, 2.75) is 25.0 Å². The van der Waals surface area contributed by atoms with Crippen molar-refractivity contribution in [1.29, 1.82) is 0 Å². The van der Waals surface area contributed by atoms with Gasteiger partial charge in [-0.1, -0.05) is 12.1 Å². The van der Waals surface area contributed by atoms with E-state index in [0.717, 1.165) is 13.0 Å². The van der Waals surface area contributed by atoms with Gasteiger partial charge in [-0.3, -0.25) is 4.90 Å². The van der Waals surface area contributed by atoms with Crippen molar-refractivity contribution in [2.75, 3.05) is 20.2 Å². The Bertz CT molecular complexity index is 634. The first-order chi connectivity index (χ1) is 10.6. The molecule has 0 saturated carbocycles. The number of halogens is 1. The number of hydrogen-bond acceptors (Lipinski definition) is 5. The highest BCUT2D eigenvalue weighted by Crippen LogP contribution is 2.31. The number of benzene rings is 1. The zero-order valence-corrected chi connectivity index (χ0v) is 12.4. The van der Waals surface area contributed by atoms with Crippen molar-refractivity contribution < 1.29 is 14.2 Å². The van der Waals surface area contributed by atoms with Crippen LogP contribution in [0.4, 0.5) is 4.39 Å². The first-order valence-corrected chi connectivity index (χ1v) is 7.25. The summed E-state index contributed by atoms with van der Waals surface area (Å²) in [6.07, 6.45) is 2.97. The average molecular weight is 306 g/mol. The third-order valence-corrected chi connectivity index (χ3v) is 4.10. The highest BCUT2D eigenvalue weighted by Gasteiger charge is 2.37. The summed E-state index contributed by atoms with van der Waals surface area (Å²) >= 11 is 0. The van der Waals surface area contributed by atoms with Gasteiger partial charge in [0.15, 0.2) is 11.6 Å². The lowest BCUT2D eigenvalue weighted by atomic mass is 9.90. The Hall–Kier alpha value is -1.99. The van der Waals surface area contributed by atoms with E-state index in [-0.39, 0.29) is 11.6 Å². The molecule has 1 saturated heterocycles. The maximum absolute atomic E-state index is 14.3. The molecule has 22 heavy (non-hydrogen) atoms. The average Bonchev–Trinajstić information content (AvgIpc) is 3.05. The Morgan fingerprint density at radius 1 is 1.50 bits per heavy atom. The number of piperidine rings is 1. The van der Waals surface area contributed by atoms with Crippen LogP contribution in [0.2, 0.25) is 0 Å². The maximum Gasteiger partial charge on any atom is 0.169 e. The molecule has 0 radical (unpaired) electrons. The molecule has 1 unspecified atom stereocenters. The van der Waals surface area contributed by atoms with Crippen LogP contribution >= 0.6 is 0 Å². The fourth-order valence-electron chi connectivity index (χ4n) is 2.97. The lowest BCUT2D eigenvalue weighted by Crippen LogP contribution is -2.46. The van der Waals surface area contributed by atoms with Crippen molar-refractivity contribution in [3.8, 4) is 5.75 Å². The number of aliphatic hydroxyl groups is 1. The van der Waals surface area contributed by atoms with Gasteiger partial charge in [0, 0.05) is 18.7 Å². The molecule has 118 valence electrons. The smallest absolute Gasteiger partial charge is 0.169 e. The molecule has 0 aliphatic carbocycles. The predicted octanol–water partition coefficient (Wildman–Crippen LogP) is 1.44. The third-order valence-electron chi connectivity index (χ3n) is 4.10. The van der Waals surface area contributed by atoms with Crippen LogP contribution in [0, 0.1) is 5.82 Å². The molecule has 3 rings (SSSR count). The van der Waals surface area contributed by atoms with E-state index < -0.39 is 5.60 Å². The van der Waals surface area contributed by atoms with E-state index in [9.17, 15) is 9.50 Å². The minimum absolute atomic E-state index is 0.237. The molecule has 7 heteroatoms. The van der Waals surface area contributed by atoms with Gasteiger partial charge in [-0.2, -0.15) is 15.4 Å². The number of β-amino-alcohol motifs (C(OH)–C–C–N with tert-alkyl or cyclic N) is 1. The van der Waals surface area contributed by atoms with E-state index in [2.05, 4.69) is 15.4 Å². The Balaban J connectivity index is 1.76. The van der Waals surface area contributed by atoms with Gasteiger partial charge in [0.05, 0.1) is 13.3 Å². The van der Waals surface area contributed by atoms with Crippen molar-refractivity contribution in [2.24, 2.45) is 0 Å². The molecule has 1 atom stereocenters. The maximum atomic E-state index is 14.3. The number of aromatic amines is 1. The predicted molar refractivity (Wildman–Crippen MR) is 77.7 cm³/mol. The molecule has 1 aromatic carbocycles. The van der Waals surface area contributed by atoms with Crippen LogP contribution in [0.1, 0.15) is 24.1 Å². The monoisotopic (exact) mass is 306 g/mol. The van der Waals surface area contributed by atoms with Crippen LogP contribution in [-0.2, 0) is 12.1 Å². The standard InChI is InChI=1S/C15H19FN4O2/c1-22-12-5-2-4-11(14(12)16)9-20-7-3-6-15(21,10-20)13-8-17-19-18-13/h2,4-5,8,21H,3,6-7,9-10H2,1H3,(H,17,18,19). The zero-order chi connectivity index (χ0) is 15.6. The summed E-state index contributed by atoms with van der Waals surface area (Å²) in [6, 6.07) is 5.10. The topological polar surface area (TPSA) is 74.3 Å². The Kier molecular flexibility index (Phi) is 4.08. The van der Waals surface area contributed by atoms with E-state index in [0.29, 0.717) is 30.8 Å². The van der Waals surface area contributed by atoms with Crippen LogP contribution in [-0.4, -0.2) is 45.6 Å². The number of ether oxygens (including phenoxy) is 1. The van der Waals surface area contributed by atoms with Gasteiger partial charge in [0.25, 0.3) is 0 Å². The summed E-state index contributed by atoms with van der Waals surface area (Å²) in [4.78, 5) is 2.02. The summed E-state index contributed by atoms with van der Waals surface area (Å²) in [6.45, 7) is 1.62. The molecule has 1 aliphatic rings. The van der Waals surface area contributed by atoms with E-state index >= 15 is 0 Å². The fourth-order valence-corrected chi connectivity index (χ4v) is 2.97. The first kappa shape index (κ1) is 14.9. The van der Waals surface area contributed by atoms with Gasteiger partial charge in [-0.25, -0.2) is 4.39 Å². The molecule has 0 amide bonds. The molecule has 6 nitrogen and oxygen atoms in total. The molecule has 1 aliphatic heterocycles. The lowest BCUT2D eigenvalue weighted by molar-refractivity contribution is -0.0416. The highest BCUT2D eigenvalue weighted by molar-refractivity contribution is 5.31. The molecular formula is C15H19FN4O2. The minimum atomic E-state index is -1.04. The second-order valence-electron chi connectivity index (χ2n) is 5.63. The minimum Gasteiger partial charge on any atom is -0.494 e. The van der Waals surface area contributed by atoms with Gasteiger partial charge in [-0.15, -0.1) is 0 Å². The highest BCUT2D eigenvalue weighted by atomic mass is 19.1. The van der Waals surface area contributed by atoms with Crippen molar-refractivity contribution >= 4 is 0 Å². The van der Waals surface area contributed by atoms with Gasteiger partial charge < -0.3 is 9.84 Å². The number of H-pyrrole nitrogens is 1. The normalized spacial score (nSPS) is 22.7. The summed E-state index contributed by atoms with van der Waals surface area (Å²) in [5.41, 5.74) is 0.0488. The van der Waals surface area contributed by atoms with Crippen molar-refractivity contribution in [1.82, 2.24) is 20.3 Å². The van der Waals surface area contributed by atoms with Crippen LogP contribution in [0.3, 0.4) is 0 Å². The van der Waals surface area contributed by atoms with Gasteiger partial charge in [0.2, 0.25) is 0 Å². The Labute approximate surface area is 127 Å². The molecule has 1 aromatic heterocycles. The molecule has 0 bridgehead atoms. The van der Waals surface area contributed by atoms with Crippen molar-refractivity contribution in [3.63, 3.8) is 0 Å². The molecule has 0 spiro atoms. The Morgan fingerprint density at radius 3 is 3.09 bits per heavy atom. The van der Waals surface area contributed by atoms with Crippen LogP contribution in [0.5, 0.6) is 5.75 Å². The molecule has 1 fully saturated rings. The van der Waals surface area contributed by atoms with Gasteiger partial charge >= 0.3 is 0 Å². The first-order valence-electron chi connectivity index (χ1n) is 7.25.